The summed E-state index contributed by atoms with van der Waals surface area (Å²) in [5.74, 6) is -0.892. The van der Waals surface area contributed by atoms with Crippen LogP contribution in [0.3, 0.4) is 0 Å². The molecule has 0 aliphatic carbocycles. The molecule has 1 N–H and O–H groups in total. The maximum atomic E-state index is 12.6. The van der Waals surface area contributed by atoms with Gasteiger partial charge >= 0.3 is 11.9 Å². The van der Waals surface area contributed by atoms with E-state index in [-0.39, 0.29) is 30.0 Å². The summed E-state index contributed by atoms with van der Waals surface area (Å²) in [5, 5.41) is 7.63. The molecule has 1 aromatic heterocycles. The Morgan fingerprint density at radius 1 is 1.04 bits per heavy atom. The lowest BCUT2D eigenvalue weighted by atomic mass is 10.1. The van der Waals surface area contributed by atoms with Crippen LogP contribution >= 0.6 is 0 Å². The number of anilines is 1. The number of benzene rings is 1. The summed E-state index contributed by atoms with van der Waals surface area (Å²) < 4.78 is 11.8. The molecule has 0 radical (unpaired) electrons. The van der Waals surface area contributed by atoms with Gasteiger partial charge < -0.3 is 14.8 Å². The molecule has 2 aromatic rings. The highest BCUT2D eigenvalue weighted by Crippen LogP contribution is 2.28. The van der Waals surface area contributed by atoms with Gasteiger partial charge in [-0.2, -0.15) is 5.10 Å². The first-order valence-corrected chi connectivity index (χ1v) is 8.59. The highest BCUT2D eigenvalue weighted by atomic mass is 16.5. The molecule has 1 heterocycles. The van der Waals surface area contributed by atoms with Crippen molar-refractivity contribution in [1.82, 2.24) is 9.78 Å². The maximum Gasteiger partial charge on any atom is 0.359 e. The summed E-state index contributed by atoms with van der Waals surface area (Å²) in [6, 6.07) is 9.26. The zero-order chi connectivity index (χ0) is 19.3. The molecule has 7 nitrogen and oxygen atoms in total. The SMILES string of the molecule is CCOC(=O)c1nn(-c2ccccc2)c(NC(C)(C)C)c1C(=O)OCC. The molecule has 140 valence electrons. The van der Waals surface area contributed by atoms with E-state index in [0.717, 1.165) is 0 Å². The largest absolute Gasteiger partial charge is 0.462 e. The summed E-state index contributed by atoms with van der Waals surface area (Å²) in [5.41, 5.74) is 0.338. The molecule has 0 bridgehead atoms. The fourth-order valence-electron chi connectivity index (χ4n) is 2.38. The van der Waals surface area contributed by atoms with Gasteiger partial charge in [-0.25, -0.2) is 14.3 Å². The molecule has 0 saturated carbocycles. The second-order valence-electron chi connectivity index (χ2n) is 6.64. The standard InChI is InChI=1S/C19H25N3O4/c1-6-25-17(23)14-15(18(24)26-7-2)21-22(13-11-9-8-10-12-13)16(14)20-19(3,4)5/h8-12,20H,6-7H2,1-5H3. The number of esters is 2. The molecule has 0 spiro atoms. The quantitative estimate of drug-likeness (QED) is 0.796. The molecule has 0 amide bonds. The van der Waals surface area contributed by atoms with Crippen LogP contribution in [0, 0.1) is 0 Å². The molecule has 26 heavy (non-hydrogen) atoms. The van der Waals surface area contributed by atoms with Crippen molar-refractivity contribution < 1.29 is 19.1 Å². The minimum absolute atomic E-state index is 0.0686. The predicted octanol–water partition coefficient (Wildman–Crippen LogP) is 3.44. The third-order valence-corrected chi connectivity index (χ3v) is 3.33. The van der Waals surface area contributed by atoms with Crippen molar-refractivity contribution in [3.63, 3.8) is 0 Å². The molecular weight excluding hydrogens is 334 g/mol. The summed E-state index contributed by atoms with van der Waals surface area (Å²) in [6.45, 7) is 9.63. The van der Waals surface area contributed by atoms with Crippen molar-refractivity contribution in [1.29, 1.82) is 0 Å². The summed E-state index contributed by atoms with van der Waals surface area (Å²) in [6.07, 6.45) is 0. The topological polar surface area (TPSA) is 82.5 Å². The Morgan fingerprint density at radius 3 is 2.15 bits per heavy atom. The lowest BCUT2D eigenvalue weighted by Gasteiger charge is -2.23. The number of hydrogen-bond donors (Lipinski definition) is 1. The lowest BCUT2D eigenvalue weighted by Crippen LogP contribution is -2.29. The van der Waals surface area contributed by atoms with E-state index in [4.69, 9.17) is 9.47 Å². The van der Waals surface area contributed by atoms with Gasteiger partial charge in [0.25, 0.3) is 0 Å². The van der Waals surface area contributed by atoms with E-state index >= 15 is 0 Å². The molecule has 7 heteroatoms. The van der Waals surface area contributed by atoms with E-state index in [2.05, 4.69) is 10.4 Å². The Hall–Kier alpha value is -2.83. The van der Waals surface area contributed by atoms with Crippen LogP contribution in [-0.2, 0) is 9.47 Å². The lowest BCUT2D eigenvalue weighted by molar-refractivity contribution is 0.0476. The number of nitrogens with one attached hydrogen (secondary N) is 1. The summed E-state index contributed by atoms with van der Waals surface area (Å²) in [4.78, 5) is 25.0. The predicted molar refractivity (Wildman–Crippen MR) is 98.9 cm³/mol. The van der Waals surface area contributed by atoms with E-state index in [1.807, 2.05) is 51.1 Å². The molecule has 0 unspecified atom stereocenters. The second-order valence-corrected chi connectivity index (χ2v) is 6.64. The van der Waals surface area contributed by atoms with Gasteiger partial charge in [-0.05, 0) is 46.8 Å². The van der Waals surface area contributed by atoms with Gasteiger partial charge in [0.2, 0.25) is 0 Å². The molecule has 0 aliphatic rings. The van der Waals surface area contributed by atoms with Crippen LogP contribution in [0.2, 0.25) is 0 Å². The number of ether oxygens (including phenoxy) is 2. The van der Waals surface area contributed by atoms with Gasteiger partial charge in [-0.15, -0.1) is 0 Å². The minimum atomic E-state index is -0.665. The van der Waals surface area contributed by atoms with Crippen LogP contribution in [0.4, 0.5) is 5.82 Å². The van der Waals surface area contributed by atoms with Crippen molar-refractivity contribution >= 4 is 17.8 Å². The van der Waals surface area contributed by atoms with Gasteiger partial charge in [0.1, 0.15) is 11.4 Å². The van der Waals surface area contributed by atoms with Gasteiger partial charge in [0.15, 0.2) is 5.69 Å². The maximum absolute atomic E-state index is 12.6. The molecule has 1 aromatic carbocycles. The van der Waals surface area contributed by atoms with Crippen molar-refractivity contribution in [3.8, 4) is 5.69 Å². The number of carbonyl (C=O) groups excluding carboxylic acids is 2. The average Bonchev–Trinajstić information content (AvgIpc) is 2.93. The summed E-state index contributed by atoms with van der Waals surface area (Å²) >= 11 is 0. The fraction of sp³-hybridized carbons (Fsp3) is 0.421. The van der Waals surface area contributed by atoms with Crippen LogP contribution < -0.4 is 5.32 Å². The zero-order valence-electron chi connectivity index (χ0n) is 15.8. The summed E-state index contributed by atoms with van der Waals surface area (Å²) in [7, 11) is 0. The minimum Gasteiger partial charge on any atom is -0.462 e. The van der Waals surface area contributed by atoms with Gasteiger partial charge in [0.05, 0.1) is 18.9 Å². The molecule has 0 atom stereocenters. The van der Waals surface area contributed by atoms with Crippen molar-refractivity contribution in [2.45, 2.75) is 40.2 Å². The van der Waals surface area contributed by atoms with Crippen molar-refractivity contribution in [2.24, 2.45) is 0 Å². The molecule has 0 saturated heterocycles. The number of para-hydroxylation sites is 1. The van der Waals surface area contributed by atoms with Crippen LogP contribution in [0.5, 0.6) is 0 Å². The second kappa shape index (κ2) is 8.03. The first-order valence-electron chi connectivity index (χ1n) is 8.59. The Morgan fingerprint density at radius 2 is 1.62 bits per heavy atom. The highest BCUT2D eigenvalue weighted by Gasteiger charge is 2.32. The average molecular weight is 359 g/mol. The molecule has 0 aliphatic heterocycles. The molecule has 0 fully saturated rings. The third kappa shape index (κ3) is 4.41. The number of hydrogen-bond acceptors (Lipinski definition) is 6. The fourth-order valence-corrected chi connectivity index (χ4v) is 2.38. The van der Waals surface area contributed by atoms with Gasteiger partial charge in [-0.3, -0.25) is 0 Å². The Kier molecular flexibility index (Phi) is 6.02. The monoisotopic (exact) mass is 359 g/mol. The van der Waals surface area contributed by atoms with E-state index in [9.17, 15) is 9.59 Å². The van der Waals surface area contributed by atoms with E-state index in [1.54, 1.807) is 13.8 Å². The van der Waals surface area contributed by atoms with Crippen molar-refractivity contribution in [3.05, 3.63) is 41.6 Å². The van der Waals surface area contributed by atoms with Crippen molar-refractivity contribution in [2.75, 3.05) is 18.5 Å². The number of rotatable bonds is 6. The third-order valence-electron chi connectivity index (χ3n) is 3.33. The van der Waals surface area contributed by atoms with Gasteiger partial charge in [-0.1, -0.05) is 18.2 Å². The number of nitrogens with zero attached hydrogens (tertiary/aromatic N) is 2. The van der Waals surface area contributed by atoms with Crippen LogP contribution in [-0.4, -0.2) is 40.5 Å². The Bertz CT molecular complexity index is 776. The smallest absolute Gasteiger partial charge is 0.359 e. The van der Waals surface area contributed by atoms with Gasteiger partial charge in [0, 0.05) is 5.54 Å². The Balaban J connectivity index is 2.72. The first kappa shape index (κ1) is 19.5. The normalized spacial score (nSPS) is 11.1. The molecular formula is C19H25N3O4. The first-order chi connectivity index (χ1) is 12.3. The zero-order valence-corrected chi connectivity index (χ0v) is 15.8. The van der Waals surface area contributed by atoms with E-state index in [0.29, 0.717) is 11.5 Å². The molecule has 2 rings (SSSR count). The van der Waals surface area contributed by atoms with E-state index in [1.165, 1.54) is 4.68 Å². The van der Waals surface area contributed by atoms with Crippen LogP contribution in [0.15, 0.2) is 30.3 Å². The van der Waals surface area contributed by atoms with E-state index < -0.39 is 11.9 Å². The van der Waals surface area contributed by atoms with Crippen LogP contribution in [0.1, 0.15) is 55.5 Å². The highest BCUT2D eigenvalue weighted by molar-refractivity contribution is 6.06. The van der Waals surface area contributed by atoms with Crippen LogP contribution in [0.25, 0.3) is 5.69 Å². The number of carbonyl (C=O) groups is 2. The Labute approximate surface area is 153 Å². The number of aromatic nitrogens is 2.